The molecule has 158 valence electrons. The third kappa shape index (κ3) is 4.33. The summed E-state index contributed by atoms with van der Waals surface area (Å²) in [5, 5.41) is 11.8. The van der Waals surface area contributed by atoms with Crippen molar-refractivity contribution in [1.29, 1.82) is 0 Å². The van der Waals surface area contributed by atoms with Crippen molar-refractivity contribution in [2.45, 2.75) is 52.5 Å². The fourth-order valence-electron chi connectivity index (χ4n) is 3.40. The van der Waals surface area contributed by atoms with Gasteiger partial charge in [-0.3, -0.25) is 4.98 Å². The Morgan fingerprint density at radius 3 is 2.00 bits per heavy atom. The molecule has 6 heteroatoms. The summed E-state index contributed by atoms with van der Waals surface area (Å²) >= 11 is 0. The first-order valence-electron chi connectivity index (χ1n) is 9.99. The van der Waals surface area contributed by atoms with Gasteiger partial charge in [0, 0.05) is 49.0 Å². The van der Waals surface area contributed by atoms with Crippen molar-refractivity contribution in [3.05, 3.63) is 72.6 Å². The van der Waals surface area contributed by atoms with Crippen molar-refractivity contribution in [2.75, 3.05) is 0 Å². The van der Waals surface area contributed by atoms with Crippen LogP contribution in [0.2, 0.25) is 0 Å². The van der Waals surface area contributed by atoms with E-state index in [2.05, 4.69) is 15.0 Å². The van der Waals surface area contributed by atoms with E-state index in [1.807, 2.05) is 45.0 Å². The highest BCUT2D eigenvalue weighted by atomic mass is 19.2. The summed E-state index contributed by atoms with van der Waals surface area (Å²) in [6.45, 7) is 8.76. The molecule has 1 unspecified atom stereocenters. The SMILES string of the molecule is CCC(C)(C)C(O)(c1cncnc1)c1ccc(-c2ccc(OC(C)(C)F)cc2)cn1. The lowest BCUT2D eigenvalue weighted by Gasteiger charge is -2.41. The van der Waals surface area contributed by atoms with Gasteiger partial charge in [-0.1, -0.05) is 39.0 Å². The Morgan fingerprint density at radius 2 is 1.50 bits per heavy atom. The van der Waals surface area contributed by atoms with Crippen molar-refractivity contribution in [3.63, 3.8) is 0 Å². The molecule has 1 atom stereocenters. The molecule has 0 spiro atoms. The van der Waals surface area contributed by atoms with Crippen molar-refractivity contribution >= 4 is 0 Å². The molecule has 0 aliphatic heterocycles. The second kappa shape index (κ2) is 8.11. The summed E-state index contributed by atoms with van der Waals surface area (Å²) in [6.07, 6.45) is 7.16. The van der Waals surface area contributed by atoms with Crippen LogP contribution in [0.3, 0.4) is 0 Å². The van der Waals surface area contributed by atoms with Gasteiger partial charge >= 0.3 is 0 Å². The van der Waals surface area contributed by atoms with Crippen molar-refractivity contribution < 1.29 is 14.2 Å². The van der Waals surface area contributed by atoms with Gasteiger partial charge in [0.15, 0.2) is 0 Å². The van der Waals surface area contributed by atoms with Crippen LogP contribution in [0.5, 0.6) is 5.75 Å². The summed E-state index contributed by atoms with van der Waals surface area (Å²) < 4.78 is 18.9. The lowest BCUT2D eigenvalue weighted by molar-refractivity contribution is -0.0429. The molecule has 1 N–H and O–H groups in total. The van der Waals surface area contributed by atoms with Gasteiger partial charge in [0.1, 0.15) is 17.7 Å². The standard InChI is InChI=1S/C24H28FN3O2/c1-6-22(2,3)24(29,19-14-26-16-27-15-19)21-12-9-18(13-28-21)17-7-10-20(11-8-17)30-23(4,5)25/h7-16,29H,6H2,1-5H3. The number of benzene rings is 1. The lowest BCUT2D eigenvalue weighted by atomic mass is 9.68. The Kier molecular flexibility index (Phi) is 5.90. The quantitative estimate of drug-likeness (QED) is 0.574. The van der Waals surface area contributed by atoms with Crippen molar-refractivity contribution in [2.24, 2.45) is 5.41 Å². The normalized spacial score (nSPS) is 14.2. The Balaban J connectivity index is 1.95. The zero-order valence-corrected chi connectivity index (χ0v) is 18.1. The molecule has 0 amide bonds. The summed E-state index contributed by atoms with van der Waals surface area (Å²) in [7, 11) is 0. The van der Waals surface area contributed by atoms with Crippen molar-refractivity contribution in [1.82, 2.24) is 15.0 Å². The first-order chi connectivity index (χ1) is 14.1. The number of hydrogen-bond donors (Lipinski definition) is 1. The molecule has 1 aromatic carbocycles. The van der Waals surface area contributed by atoms with Crippen LogP contribution in [-0.4, -0.2) is 25.9 Å². The summed E-state index contributed by atoms with van der Waals surface area (Å²) in [6, 6.07) is 10.9. The number of rotatable bonds is 7. The Morgan fingerprint density at radius 1 is 0.900 bits per heavy atom. The molecule has 2 heterocycles. The number of nitrogens with zero attached hydrogens (tertiary/aromatic N) is 3. The second-order valence-corrected chi connectivity index (χ2v) is 8.50. The maximum Gasteiger partial charge on any atom is 0.242 e. The Labute approximate surface area is 177 Å². The zero-order valence-electron chi connectivity index (χ0n) is 18.1. The number of aliphatic hydroxyl groups is 1. The van der Waals surface area contributed by atoms with Gasteiger partial charge < -0.3 is 9.84 Å². The van der Waals surface area contributed by atoms with Gasteiger partial charge in [-0.05, 0) is 30.2 Å². The molecular formula is C24H28FN3O2. The highest BCUT2D eigenvalue weighted by Crippen LogP contribution is 2.46. The molecule has 0 saturated heterocycles. The monoisotopic (exact) mass is 409 g/mol. The smallest absolute Gasteiger partial charge is 0.242 e. The fraction of sp³-hybridized carbons (Fsp3) is 0.375. The minimum atomic E-state index is -1.73. The zero-order chi connectivity index (χ0) is 22.0. The van der Waals surface area contributed by atoms with Gasteiger partial charge in [-0.25, -0.2) is 9.97 Å². The average Bonchev–Trinajstić information content (AvgIpc) is 2.73. The van der Waals surface area contributed by atoms with Gasteiger partial charge in [-0.15, -0.1) is 0 Å². The third-order valence-corrected chi connectivity index (χ3v) is 5.52. The highest BCUT2D eigenvalue weighted by Gasteiger charge is 2.46. The molecule has 0 bridgehead atoms. The number of alkyl halides is 1. The maximum atomic E-state index is 13.7. The fourth-order valence-corrected chi connectivity index (χ4v) is 3.40. The van der Waals surface area contributed by atoms with E-state index in [0.717, 1.165) is 17.5 Å². The first kappa shape index (κ1) is 21.8. The molecule has 0 radical (unpaired) electrons. The molecule has 0 fully saturated rings. The second-order valence-electron chi connectivity index (χ2n) is 8.50. The van der Waals surface area contributed by atoms with E-state index in [1.165, 1.54) is 20.2 Å². The molecule has 0 saturated carbocycles. The van der Waals surface area contributed by atoms with Crippen LogP contribution in [0.4, 0.5) is 4.39 Å². The molecule has 2 aromatic heterocycles. The van der Waals surface area contributed by atoms with E-state index in [4.69, 9.17) is 4.74 Å². The van der Waals surface area contributed by atoms with E-state index < -0.39 is 16.9 Å². The number of halogens is 1. The van der Waals surface area contributed by atoms with Crippen LogP contribution in [0, 0.1) is 5.41 Å². The predicted molar refractivity (Wildman–Crippen MR) is 115 cm³/mol. The van der Waals surface area contributed by atoms with Crippen LogP contribution in [0.25, 0.3) is 11.1 Å². The van der Waals surface area contributed by atoms with Gasteiger partial charge in [0.25, 0.3) is 0 Å². The minimum Gasteiger partial charge on any atom is -0.459 e. The molecular weight excluding hydrogens is 381 g/mol. The summed E-state index contributed by atoms with van der Waals surface area (Å²) in [4.78, 5) is 12.8. The summed E-state index contributed by atoms with van der Waals surface area (Å²) in [5.74, 6) is -1.28. The van der Waals surface area contributed by atoms with Gasteiger partial charge in [0.2, 0.25) is 5.85 Å². The third-order valence-electron chi connectivity index (χ3n) is 5.52. The number of pyridine rings is 1. The number of hydrogen-bond acceptors (Lipinski definition) is 5. The van der Waals surface area contributed by atoms with Crippen molar-refractivity contribution in [3.8, 4) is 16.9 Å². The minimum absolute atomic E-state index is 0.457. The van der Waals surface area contributed by atoms with Crippen LogP contribution in [0.1, 0.15) is 52.3 Å². The number of ether oxygens (including phenoxy) is 1. The number of aromatic nitrogens is 3. The van der Waals surface area contributed by atoms with Crippen LogP contribution >= 0.6 is 0 Å². The largest absolute Gasteiger partial charge is 0.459 e. The molecule has 0 aliphatic carbocycles. The maximum absolute atomic E-state index is 13.7. The van der Waals surface area contributed by atoms with E-state index in [9.17, 15) is 9.50 Å². The molecule has 0 aliphatic rings. The van der Waals surface area contributed by atoms with Gasteiger partial charge in [-0.2, -0.15) is 4.39 Å². The Hall–Kier alpha value is -2.86. The predicted octanol–water partition coefficient (Wildman–Crippen LogP) is 5.30. The topological polar surface area (TPSA) is 68.1 Å². The molecule has 5 nitrogen and oxygen atoms in total. The van der Waals surface area contributed by atoms with E-state index >= 15 is 0 Å². The van der Waals surface area contributed by atoms with E-state index in [0.29, 0.717) is 17.0 Å². The lowest BCUT2D eigenvalue weighted by Crippen LogP contribution is -2.43. The van der Waals surface area contributed by atoms with Crippen LogP contribution in [0.15, 0.2) is 61.3 Å². The molecule has 30 heavy (non-hydrogen) atoms. The average molecular weight is 410 g/mol. The Bertz CT molecular complexity index is 968. The van der Waals surface area contributed by atoms with E-state index in [-0.39, 0.29) is 0 Å². The summed E-state index contributed by atoms with van der Waals surface area (Å²) in [5.41, 5.74) is 1.10. The van der Waals surface area contributed by atoms with Crippen LogP contribution in [-0.2, 0) is 5.60 Å². The highest BCUT2D eigenvalue weighted by molar-refractivity contribution is 5.63. The van der Waals surface area contributed by atoms with Crippen LogP contribution < -0.4 is 4.74 Å². The molecule has 3 aromatic rings. The molecule has 3 rings (SSSR count). The first-order valence-corrected chi connectivity index (χ1v) is 9.99. The van der Waals surface area contributed by atoms with E-state index in [1.54, 1.807) is 30.7 Å². The van der Waals surface area contributed by atoms with Gasteiger partial charge in [0.05, 0.1) is 5.69 Å².